The van der Waals surface area contributed by atoms with Crippen molar-refractivity contribution in [1.82, 2.24) is 4.98 Å². The molecule has 1 heterocycles. The minimum atomic E-state index is 0.103. The summed E-state index contributed by atoms with van der Waals surface area (Å²) in [7, 11) is 0. The van der Waals surface area contributed by atoms with Crippen LogP contribution in [0.4, 0.5) is 5.13 Å². The number of amides is 1. The number of carbonyl (C=O) groups is 1. The lowest BCUT2D eigenvalue weighted by atomic mass is 9.89. The van der Waals surface area contributed by atoms with Gasteiger partial charge in [-0.15, -0.1) is 11.3 Å². The summed E-state index contributed by atoms with van der Waals surface area (Å²) < 4.78 is 0. The van der Waals surface area contributed by atoms with Crippen molar-refractivity contribution >= 4 is 45.6 Å². The third-order valence-electron chi connectivity index (χ3n) is 4.16. The molecule has 0 aliphatic heterocycles. The average Bonchev–Trinajstić information content (AvgIpc) is 3.00. The Balaban J connectivity index is 1.63. The Labute approximate surface area is 150 Å². The number of aromatic nitrogens is 1. The van der Waals surface area contributed by atoms with Crippen LogP contribution in [-0.4, -0.2) is 10.9 Å². The highest BCUT2D eigenvalue weighted by molar-refractivity contribution is 7.13. The Bertz CT molecular complexity index is 696. The molecule has 1 aliphatic carbocycles. The Kier molecular flexibility index (Phi) is 5.57. The first-order valence-electron chi connectivity index (χ1n) is 7.81. The number of hydrogen-bond donors (Lipinski definition) is 1. The van der Waals surface area contributed by atoms with Gasteiger partial charge in [0, 0.05) is 17.7 Å². The Hall–Kier alpha value is -1.10. The summed E-state index contributed by atoms with van der Waals surface area (Å²) in [5.74, 6) is 0.241. The fourth-order valence-electron chi connectivity index (χ4n) is 2.90. The molecule has 1 saturated carbocycles. The number of anilines is 1. The summed E-state index contributed by atoms with van der Waals surface area (Å²) in [6.07, 6.45) is 6.12. The second kappa shape index (κ2) is 7.65. The van der Waals surface area contributed by atoms with Gasteiger partial charge >= 0.3 is 0 Å². The topological polar surface area (TPSA) is 42.0 Å². The lowest BCUT2D eigenvalue weighted by Gasteiger charge is -2.19. The van der Waals surface area contributed by atoms with Crippen LogP contribution in [0.2, 0.25) is 10.0 Å². The van der Waals surface area contributed by atoms with Gasteiger partial charge in [0.1, 0.15) is 0 Å². The first-order chi connectivity index (χ1) is 11.1. The number of hydrogen-bond acceptors (Lipinski definition) is 3. The van der Waals surface area contributed by atoms with Crippen LogP contribution < -0.4 is 5.32 Å². The Morgan fingerprint density at radius 2 is 2.04 bits per heavy atom. The maximum atomic E-state index is 12.3. The van der Waals surface area contributed by atoms with Crippen LogP contribution in [0.3, 0.4) is 0 Å². The average molecular weight is 369 g/mol. The van der Waals surface area contributed by atoms with Crippen molar-refractivity contribution in [2.24, 2.45) is 5.92 Å². The van der Waals surface area contributed by atoms with E-state index in [1.165, 1.54) is 17.8 Å². The summed E-state index contributed by atoms with van der Waals surface area (Å²) in [6.45, 7) is 0. The summed E-state index contributed by atoms with van der Waals surface area (Å²) in [6, 6.07) is 5.58. The molecule has 6 heteroatoms. The quantitative estimate of drug-likeness (QED) is 0.767. The highest BCUT2D eigenvalue weighted by Gasteiger charge is 2.21. The van der Waals surface area contributed by atoms with Crippen molar-refractivity contribution in [1.29, 1.82) is 0 Å². The van der Waals surface area contributed by atoms with Crippen molar-refractivity contribution in [2.45, 2.75) is 38.5 Å². The first-order valence-corrected chi connectivity index (χ1v) is 9.45. The van der Waals surface area contributed by atoms with E-state index < -0.39 is 0 Å². The van der Waals surface area contributed by atoms with Crippen LogP contribution >= 0.6 is 34.5 Å². The number of nitrogens with one attached hydrogen (secondary N) is 1. The summed E-state index contributed by atoms with van der Waals surface area (Å²) in [4.78, 5) is 16.7. The van der Waals surface area contributed by atoms with Crippen LogP contribution in [0.15, 0.2) is 23.6 Å². The van der Waals surface area contributed by atoms with Crippen LogP contribution in [0.25, 0.3) is 0 Å². The van der Waals surface area contributed by atoms with Crippen LogP contribution in [0.5, 0.6) is 0 Å². The third kappa shape index (κ3) is 4.25. The molecule has 1 amide bonds. The second-order valence-corrected chi connectivity index (χ2v) is 7.50. The van der Waals surface area contributed by atoms with Gasteiger partial charge in [-0.3, -0.25) is 4.79 Å². The maximum Gasteiger partial charge on any atom is 0.229 e. The minimum absolute atomic E-state index is 0.103. The smallest absolute Gasteiger partial charge is 0.229 e. The molecule has 0 radical (unpaired) electrons. The molecule has 2 aromatic rings. The highest BCUT2D eigenvalue weighted by Crippen LogP contribution is 2.29. The van der Waals surface area contributed by atoms with Crippen molar-refractivity contribution in [3.05, 3.63) is 44.9 Å². The molecule has 0 bridgehead atoms. The van der Waals surface area contributed by atoms with E-state index in [2.05, 4.69) is 10.3 Å². The number of benzene rings is 1. The lowest BCUT2D eigenvalue weighted by Crippen LogP contribution is -2.24. The standard InChI is InChI=1S/C17H18Cl2N2OS/c18-14-8-4-7-12(15(14)19)9-13-10-23-17(20-13)21-16(22)11-5-2-1-3-6-11/h4,7-8,10-11H,1-3,5-6,9H2,(H,20,21,22). The number of rotatable bonds is 4. The zero-order chi connectivity index (χ0) is 16.2. The number of nitrogens with zero attached hydrogens (tertiary/aromatic N) is 1. The highest BCUT2D eigenvalue weighted by atomic mass is 35.5. The summed E-state index contributed by atoms with van der Waals surface area (Å²) in [5, 5.41) is 6.68. The van der Waals surface area contributed by atoms with E-state index in [-0.39, 0.29) is 11.8 Å². The molecule has 3 nitrogen and oxygen atoms in total. The van der Waals surface area contributed by atoms with Crippen molar-refractivity contribution < 1.29 is 4.79 Å². The fraction of sp³-hybridized carbons (Fsp3) is 0.412. The first kappa shape index (κ1) is 16.7. The van der Waals surface area contributed by atoms with Gasteiger partial charge in [0.15, 0.2) is 5.13 Å². The maximum absolute atomic E-state index is 12.3. The van der Waals surface area contributed by atoms with Crippen molar-refractivity contribution in [3.8, 4) is 0 Å². The van der Waals surface area contributed by atoms with Gasteiger partial charge in [-0.1, -0.05) is 54.6 Å². The van der Waals surface area contributed by atoms with Gasteiger partial charge in [0.25, 0.3) is 0 Å². The van der Waals surface area contributed by atoms with Crippen LogP contribution in [0, 0.1) is 5.92 Å². The zero-order valence-electron chi connectivity index (χ0n) is 12.6. The van der Waals surface area contributed by atoms with Gasteiger partial charge in [0.05, 0.1) is 15.7 Å². The molecule has 1 aromatic heterocycles. The molecular formula is C17H18Cl2N2OS. The van der Waals surface area contributed by atoms with E-state index in [0.29, 0.717) is 21.6 Å². The monoisotopic (exact) mass is 368 g/mol. The van der Waals surface area contributed by atoms with E-state index in [0.717, 1.165) is 36.9 Å². The molecule has 3 rings (SSSR count). The molecule has 0 saturated heterocycles. The van der Waals surface area contributed by atoms with E-state index in [9.17, 15) is 4.79 Å². The number of halogens is 2. The van der Waals surface area contributed by atoms with Gasteiger partial charge in [-0.2, -0.15) is 0 Å². The molecule has 1 fully saturated rings. The number of thiazole rings is 1. The Morgan fingerprint density at radius 3 is 2.83 bits per heavy atom. The third-order valence-corrected chi connectivity index (χ3v) is 5.83. The molecular weight excluding hydrogens is 351 g/mol. The molecule has 0 atom stereocenters. The SMILES string of the molecule is O=C(Nc1nc(Cc2cccc(Cl)c2Cl)cs1)C1CCCCC1. The molecule has 1 N–H and O–H groups in total. The second-order valence-electron chi connectivity index (χ2n) is 5.86. The predicted molar refractivity (Wildman–Crippen MR) is 96.6 cm³/mol. The van der Waals surface area contributed by atoms with E-state index >= 15 is 0 Å². The lowest BCUT2D eigenvalue weighted by molar-refractivity contribution is -0.120. The molecule has 122 valence electrons. The summed E-state index contributed by atoms with van der Waals surface area (Å²) in [5.41, 5.74) is 1.83. The minimum Gasteiger partial charge on any atom is -0.302 e. The molecule has 1 aromatic carbocycles. The van der Waals surface area contributed by atoms with E-state index in [4.69, 9.17) is 23.2 Å². The molecule has 0 spiro atoms. The normalized spacial score (nSPS) is 15.6. The summed E-state index contributed by atoms with van der Waals surface area (Å²) >= 11 is 13.7. The van der Waals surface area contributed by atoms with Gasteiger partial charge in [-0.25, -0.2) is 4.98 Å². The van der Waals surface area contributed by atoms with E-state index in [1.807, 2.05) is 17.5 Å². The zero-order valence-corrected chi connectivity index (χ0v) is 15.0. The van der Waals surface area contributed by atoms with Crippen molar-refractivity contribution in [2.75, 3.05) is 5.32 Å². The van der Waals surface area contributed by atoms with Crippen molar-refractivity contribution in [3.63, 3.8) is 0 Å². The Morgan fingerprint density at radius 1 is 1.26 bits per heavy atom. The predicted octanol–water partition coefficient (Wildman–Crippen LogP) is 5.56. The van der Waals surface area contributed by atoms with Gasteiger partial charge in [-0.05, 0) is 24.5 Å². The molecule has 0 unspecified atom stereocenters. The molecule has 1 aliphatic rings. The van der Waals surface area contributed by atoms with Gasteiger partial charge in [0.2, 0.25) is 5.91 Å². The fourth-order valence-corrected chi connectivity index (χ4v) is 4.00. The largest absolute Gasteiger partial charge is 0.302 e. The van der Waals surface area contributed by atoms with Crippen LogP contribution in [-0.2, 0) is 11.2 Å². The molecule has 23 heavy (non-hydrogen) atoms. The van der Waals surface area contributed by atoms with Crippen LogP contribution in [0.1, 0.15) is 43.4 Å². The van der Waals surface area contributed by atoms with E-state index in [1.54, 1.807) is 6.07 Å². The number of carbonyl (C=O) groups excluding carboxylic acids is 1. The van der Waals surface area contributed by atoms with Gasteiger partial charge < -0.3 is 5.32 Å².